The van der Waals surface area contributed by atoms with E-state index in [1.54, 1.807) is 30.5 Å². The van der Waals surface area contributed by atoms with Crippen molar-refractivity contribution in [3.63, 3.8) is 0 Å². The summed E-state index contributed by atoms with van der Waals surface area (Å²) in [6.45, 7) is 2.93. The number of oxazole rings is 1. The standard InChI is InChI=1S/C27H27BrFN3O3/c1-19-25(31-27(35-19)12-8-21-7-9-22(28)16-24(21)29)18-34-23-10-5-20(6-11-23)4-2-3-14-32-15-13-30-26(32)17-33/h5-13,15-16,33H,2-4,14,17-18H2,1H3/b12-8+. The minimum Gasteiger partial charge on any atom is -0.487 e. The van der Waals surface area contributed by atoms with E-state index in [4.69, 9.17) is 9.15 Å². The Morgan fingerprint density at radius 2 is 1.97 bits per heavy atom. The summed E-state index contributed by atoms with van der Waals surface area (Å²) < 4.78 is 28.2. The Kier molecular flexibility index (Phi) is 8.50. The first-order valence-electron chi connectivity index (χ1n) is 11.4. The van der Waals surface area contributed by atoms with Crippen LogP contribution in [0.1, 0.15) is 47.1 Å². The molecule has 0 bridgehead atoms. The summed E-state index contributed by atoms with van der Waals surface area (Å²) in [5.41, 5.74) is 2.40. The van der Waals surface area contributed by atoms with Gasteiger partial charge < -0.3 is 18.8 Å². The van der Waals surface area contributed by atoms with Crippen molar-refractivity contribution in [2.24, 2.45) is 0 Å². The molecule has 0 amide bonds. The second-order valence-electron chi connectivity index (χ2n) is 8.14. The molecule has 0 saturated heterocycles. The summed E-state index contributed by atoms with van der Waals surface area (Å²) in [6.07, 6.45) is 9.93. The van der Waals surface area contributed by atoms with Crippen LogP contribution in [0.25, 0.3) is 12.2 Å². The fraction of sp³-hybridized carbons (Fsp3) is 0.259. The van der Waals surface area contributed by atoms with Gasteiger partial charge in [0.05, 0.1) is 0 Å². The zero-order valence-corrected chi connectivity index (χ0v) is 21.0. The smallest absolute Gasteiger partial charge is 0.219 e. The summed E-state index contributed by atoms with van der Waals surface area (Å²) in [5.74, 6) is 2.21. The maximum Gasteiger partial charge on any atom is 0.219 e. The fourth-order valence-corrected chi connectivity index (χ4v) is 4.00. The van der Waals surface area contributed by atoms with Crippen LogP contribution in [0.3, 0.4) is 0 Å². The van der Waals surface area contributed by atoms with E-state index < -0.39 is 0 Å². The Morgan fingerprint density at radius 3 is 2.74 bits per heavy atom. The molecule has 2 heterocycles. The minimum absolute atomic E-state index is 0.0354. The number of aliphatic hydroxyl groups is 1. The number of unbranched alkanes of at least 4 members (excludes halogenated alkanes) is 1. The molecule has 0 aliphatic rings. The molecule has 1 N–H and O–H groups in total. The van der Waals surface area contributed by atoms with Crippen molar-refractivity contribution in [3.05, 3.63) is 99.4 Å². The van der Waals surface area contributed by atoms with Crippen molar-refractivity contribution in [2.45, 2.75) is 45.9 Å². The van der Waals surface area contributed by atoms with Gasteiger partial charge in [-0.15, -0.1) is 0 Å². The summed E-state index contributed by atoms with van der Waals surface area (Å²) in [5, 5.41) is 9.26. The average molecular weight is 540 g/mol. The van der Waals surface area contributed by atoms with Crippen molar-refractivity contribution in [1.29, 1.82) is 0 Å². The zero-order valence-electron chi connectivity index (χ0n) is 19.5. The molecule has 6 nitrogen and oxygen atoms in total. The van der Waals surface area contributed by atoms with Gasteiger partial charge in [-0.1, -0.05) is 34.1 Å². The summed E-state index contributed by atoms with van der Waals surface area (Å²) in [4.78, 5) is 8.58. The van der Waals surface area contributed by atoms with Crippen molar-refractivity contribution < 1.29 is 18.7 Å². The lowest BCUT2D eigenvalue weighted by atomic mass is 10.1. The van der Waals surface area contributed by atoms with E-state index >= 15 is 0 Å². The number of aryl methyl sites for hydroxylation is 3. The Labute approximate surface area is 212 Å². The molecular formula is C27H27BrFN3O3. The van der Waals surface area contributed by atoms with Crippen molar-refractivity contribution in [1.82, 2.24) is 14.5 Å². The van der Waals surface area contributed by atoms with Crippen LogP contribution in [-0.2, 0) is 26.2 Å². The highest BCUT2D eigenvalue weighted by Crippen LogP contribution is 2.20. The van der Waals surface area contributed by atoms with E-state index in [0.717, 1.165) is 31.6 Å². The third-order valence-electron chi connectivity index (χ3n) is 5.63. The maximum absolute atomic E-state index is 14.0. The van der Waals surface area contributed by atoms with Gasteiger partial charge in [-0.05, 0) is 62.1 Å². The molecule has 2 aromatic heterocycles. The number of rotatable bonds is 11. The number of aliphatic hydroxyl groups excluding tert-OH is 1. The molecule has 4 aromatic rings. The van der Waals surface area contributed by atoms with Crippen LogP contribution in [0, 0.1) is 12.7 Å². The van der Waals surface area contributed by atoms with Crippen molar-refractivity contribution in [2.75, 3.05) is 0 Å². The Balaban J connectivity index is 1.25. The Morgan fingerprint density at radius 1 is 1.14 bits per heavy atom. The molecule has 0 aliphatic heterocycles. The minimum atomic E-state index is -0.319. The summed E-state index contributed by atoms with van der Waals surface area (Å²) >= 11 is 3.25. The van der Waals surface area contributed by atoms with Gasteiger partial charge in [-0.3, -0.25) is 0 Å². The topological polar surface area (TPSA) is 73.3 Å². The molecule has 2 aromatic carbocycles. The number of halogens is 2. The van der Waals surface area contributed by atoms with Crippen LogP contribution in [0.5, 0.6) is 5.75 Å². The summed E-state index contributed by atoms with van der Waals surface area (Å²) in [6, 6.07) is 12.9. The average Bonchev–Trinajstić information content (AvgIpc) is 3.46. The number of imidazole rings is 1. The number of benzene rings is 2. The molecule has 0 spiro atoms. The first kappa shape index (κ1) is 24.9. The van der Waals surface area contributed by atoms with Crippen LogP contribution < -0.4 is 4.74 Å². The fourth-order valence-electron chi connectivity index (χ4n) is 3.66. The van der Waals surface area contributed by atoms with Crippen LogP contribution in [0.15, 0.2) is 63.7 Å². The van der Waals surface area contributed by atoms with E-state index in [1.165, 1.54) is 11.6 Å². The Hall–Kier alpha value is -3.23. The highest BCUT2D eigenvalue weighted by atomic mass is 79.9. The maximum atomic E-state index is 14.0. The SMILES string of the molecule is Cc1oc(/C=C/c2ccc(Br)cc2F)nc1COc1ccc(CCCCn2ccnc2CO)cc1. The predicted molar refractivity (Wildman–Crippen MR) is 136 cm³/mol. The number of hydrogen-bond acceptors (Lipinski definition) is 5. The van der Waals surface area contributed by atoms with Gasteiger partial charge >= 0.3 is 0 Å². The van der Waals surface area contributed by atoms with Crippen LogP contribution in [0.4, 0.5) is 4.39 Å². The number of hydrogen-bond donors (Lipinski definition) is 1. The van der Waals surface area contributed by atoms with Gasteiger partial charge in [-0.25, -0.2) is 14.4 Å². The number of nitrogens with zero attached hydrogens (tertiary/aromatic N) is 3. The Bertz CT molecular complexity index is 1280. The highest BCUT2D eigenvalue weighted by Gasteiger charge is 2.09. The second kappa shape index (κ2) is 12.0. The number of ether oxygens (including phenoxy) is 1. The van der Waals surface area contributed by atoms with Crippen LogP contribution in [-0.4, -0.2) is 19.6 Å². The molecule has 8 heteroatoms. The lowest BCUT2D eigenvalue weighted by Crippen LogP contribution is -2.03. The molecule has 0 atom stereocenters. The first-order chi connectivity index (χ1) is 17.0. The third kappa shape index (κ3) is 6.90. The monoisotopic (exact) mass is 539 g/mol. The predicted octanol–water partition coefficient (Wildman–Crippen LogP) is 6.35. The molecule has 4 rings (SSSR count). The van der Waals surface area contributed by atoms with Gasteiger partial charge in [-0.2, -0.15) is 0 Å². The van der Waals surface area contributed by atoms with Gasteiger partial charge in [0.15, 0.2) is 0 Å². The van der Waals surface area contributed by atoms with Gasteiger partial charge in [0, 0.05) is 35.1 Å². The lowest BCUT2D eigenvalue weighted by molar-refractivity contribution is 0.264. The summed E-state index contributed by atoms with van der Waals surface area (Å²) in [7, 11) is 0. The van der Waals surface area contributed by atoms with E-state index in [-0.39, 0.29) is 19.0 Å². The van der Waals surface area contributed by atoms with E-state index in [9.17, 15) is 9.50 Å². The van der Waals surface area contributed by atoms with Crippen molar-refractivity contribution >= 4 is 28.1 Å². The normalized spacial score (nSPS) is 11.4. The van der Waals surface area contributed by atoms with Gasteiger partial charge in [0.25, 0.3) is 0 Å². The van der Waals surface area contributed by atoms with Crippen LogP contribution in [0.2, 0.25) is 0 Å². The molecular weight excluding hydrogens is 513 g/mol. The van der Waals surface area contributed by atoms with Crippen LogP contribution >= 0.6 is 15.9 Å². The third-order valence-corrected chi connectivity index (χ3v) is 6.13. The first-order valence-corrected chi connectivity index (χ1v) is 12.2. The second-order valence-corrected chi connectivity index (χ2v) is 9.05. The lowest BCUT2D eigenvalue weighted by Gasteiger charge is -2.08. The van der Waals surface area contributed by atoms with E-state index in [2.05, 4.69) is 38.0 Å². The molecule has 0 saturated carbocycles. The van der Waals surface area contributed by atoms with E-state index in [0.29, 0.717) is 33.2 Å². The zero-order chi connectivity index (χ0) is 24.6. The molecule has 182 valence electrons. The number of aromatic nitrogens is 3. The highest BCUT2D eigenvalue weighted by molar-refractivity contribution is 9.10. The van der Waals surface area contributed by atoms with E-state index in [1.807, 2.05) is 29.8 Å². The quantitative estimate of drug-likeness (QED) is 0.225. The van der Waals surface area contributed by atoms with Crippen molar-refractivity contribution in [3.8, 4) is 5.75 Å². The largest absolute Gasteiger partial charge is 0.487 e. The molecule has 0 radical (unpaired) electrons. The molecule has 0 unspecified atom stereocenters. The van der Waals surface area contributed by atoms with Gasteiger partial charge in [0.1, 0.15) is 42.1 Å². The van der Waals surface area contributed by atoms with Gasteiger partial charge in [0.2, 0.25) is 5.89 Å². The molecule has 0 aliphatic carbocycles. The molecule has 0 fully saturated rings. The molecule has 35 heavy (non-hydrogen) atoms.